The summed E-state index contributed by atoms with van der Waals surface area (Å²) in [5.41, 5.74) is 1.30. The quantitative estimate of drug-likeness (QED) is 0.439. The van der Waals surface area contributed by atoms with E-state index in [4.69, 9.17) is 14.2 Å². The van der Waals surface area contributed by atoms with E-state index in [1.807, 2.05) is 24.3 Å². The summed E-state index contributed by atoms with van der Waals surface area (Å²) in [5, 5.41) is 0. The summed E-state index contributed by atoms with van der Waals surface area (Å²) >= 11 is 6.27. The van der Waals surface area contributed by atoms with Crippen LogP contribution in [0.5, 0.6) is 11.5 Å². The molecule has 10 heteroatoms. The molecule has 3 heterocycles. The first-order valence-corrected chi connectivity index (χ1v) is 12.5. The van der Waals surface area contributed by atoms with E-state index in [0.29, 0.717) is 37.7 Å². The molecule has 0 fully saturated rings. The molecular weight excluding hydrogens is 528 g/mol. The number of allylic oxidation sites excluding steroid dienone is 1. The number of methoxy groups -OCH3 is 2. The molecule has 4 rings (SSSR count). The van der Waals surface area contributed by atoms with Crippen LogP contribution in [0.25, 0.3) is 6.08 Å². The highest BCUT2D eigenvalue weighted by Crippen LogP contribution is 2.36. The predicted octanol–water partition coefficient (Wildman–Crippen LogP) is 3.64. The summed E-state index contributed by atoms with van der Waals surface area (Å²) in [6.07, 6.45) is 1.84. The first-order valence-electron chi connectivity index (χ1n) is 10.0. The van der Waals surface area contributed by atoms with Gasteiger partial charge in [0.2, 0.25) is 0 Å². The van der Waals surface area contributed by atoms with Gasteiger partial charge in [-0.2, -0.15) is 0 Å². The zero-order valence-electron chi connectivity index (χ0n) is 18.4. The Labute approximate surface area is 206 Å². The van der Waals surface area contributed by atoms with E-state index in [1.54, 1.807) is 44.8 Å². The summed E-state index contributed by atoms with van der Waals surface area (Å²) in [6, 6.07) is 8.51. The third-order valence-corrected chi connectivity index (χ3v) is 7.66. The van der Waals surface area contributed by atoms with Crippen LogP contribution in [0, 0.1) is 0 Å². The molecule has 1 aliphatic heterocycles. The van der Waals surface area contributed by atoms with E-state index < -0.39 is 12.0 Å². The van der Waals surface area contributed by atoms with Gasteiger partial charge in [0.25, 0.3) is 5.56 Å². The van der Waals surface area contributed by atoms with Crippen LogP contribution in [0.15, 0.2) is 55.2 Å². The molecule has 1 unspecified atom stereocenters. The average Bonchev–Trinajstić information content (AvgIpc) is 3.34. The highest BCUT2D eigenvalue weighted by molar-refractivity contribution is 9.11. The number of carbonyl (C=O) groups excluding carboxylic acids is 1. The van der Waals surface area contributed by atoms with Gasteiger partial charge >= 0.3 is 5.97 Å². The van der Waals surface area contributed by atoms with Crippen LogP contribution in [0.4, 0.5) is 0 Å². The van der Waals surface area contributed by atoms with Crippen molar-refractivity contribution in [1.29, 1.82) is 0 Å². The smallest absolute Gasteiger partial charge is 0.338 e. The van der Waals surface area contributed by atoms with E-state index in [1.165, 1.54) is 22.7 Å². The fraction of sp³-hybridized carbons (Fsp3) is 0.261. The van der Waals surface area contributed by atoms with Crippen molar-refractivity contribution >= 4 is 50.6 Å². The summed E-state index contributed by atoms with van der Waals surface area (Å²) in [4.78, 5) is 32.6. The van der Waals surface area contributed by atoms with E-state index in [0.717, 1.165) is 8.66 Å². The number of esters is 1. The molecule has 0 radical (unpaired) electrons. The highest BCUT2D eigenvalue weighted by Gasteiger charge is 2.33. The second kappa shape index (κ2) is 9.66. The molecule has 0 amide bonds. The van der Waals surface area contributed by atoms with Gasteiger partial charge in [-0.3, -0.25) is 9.36 Å². The van der Waals surface area contributed by atoms with Crippen molar-refractivity contribution in [2.24, 2.45) is 4.99 Å². The van der Waals surface area contributed by atoms with E-state index in [9.17, 15) is 9.59 Å². The number of thiazole rings is 1. The lowest BCUT2D eigenvalue weighted by molar-refractivity contribution is -0.139. The highest BCUT2D eigenvalue weighted by atomic mass is 79.9. The summed E-state index contributed by atoms with van der Waals surface area (Å²) < 4.78 is 19.2. The molecule has 172 valence electrons. The molecule has 3 aromatic rings. The normalized spacial score (nSPS) is 15.8. The first kappa shape index (κ1) is 23.5. The Morgan fingerprint density at radius 2 is 1.94 bits per heavy atom. The van der Waals surface area contributed by atoms with Gasteiger partial charge in [-0.05, 0) is 65.7 Å². The van der Waals surface area contributed by atoms with E-state index >= 15 is 0 Å². The second-order valence-corrected chi connectivity index (χ2v) is 10.6. The van der Waals surface area contributed by atoms with Crippen LogP contribution in [-0.2, 0) is 9.53 Å². The van der Waals surface area contributed by atoms with Crippen LogP contribution < -0.4 is 24.4 Å². The summed E-state index contributed by atoms with van der Waals surface area (Å²) in [5.74, 6) is 0.545. The third-order valence-electron chi connectivity index (χ3n) is 5.11. The Kier molecular flexibility index (Phi) is 6.87. The van der Waals surface area contributed by atoms with Gasteiger partial charge in [-0.15, -0.1) is 11.3 Å². The van der Waals surface area contributed by atoms with Crippen molar-refractivity contribution in [2.75, 3.05) is 20.8 Å². The van der Waals surface area contributed by atoms with Crippen molar-refractivity contribution in [2.45, 2.75) is 19.9 Å². The van der Waals surface area contributed by atoms with Gasteiger partial charge in [0.15, 0.2) is 16.3 Å². The van der Waals surface area contributed by atoms with Crippen molar-refractivity contribution in [3.8, 4) is 11.5 Å². The lowest BCUT2D eigenvalue weighted by Crippen LogP contribution is -2.39. The summed E-state index contributed by atoms with van der Waals surface area (Å²) in [7, 11) is 3.09. The molecule has 2 aromatic heterocycles. The number of nitrogens with zero attached hydrogens (tertiary/aromatic N) is 2. The Balaban J connectivity index is 1.97. The zero-order chi connectivity index (χ0) is 23.7. The van der Waals surface area contributed by atoms with Gasteiger partial charge in [0, 0.05) is 4.88 Å². The number of halogens is 1. The van der Waals surface area contributed by atoms with Crippen LogP contribution in [0.2, 0.25) is 0 Å². The number of aromatic nitrogens is 1. The predicted molar refractivity (Wildman–Crippen MR) is 132 cm³/mol. The zero-order valence-corrected chi connectivity index (χ0v) is 21.6. The fourth-order valence-electron chi connectivity index (χ4n) is 3.66. The molecule has 0 bridgehead atoms. The Morgan fingerprint density at radius 1 is 1.18 bits per heavy atom. The van der Waals surface area contributed by atoms with Crippen LogP contribution >= 0.6 is 38.6 Å². The van der Waals surface area contributed by atoms with Gasteiger partial charge in [0.05, 0.1) is 46.5 Å². The largest absolute Gasteiger partial charge is 0.493 e. The molecular formula is C23H21BrN2O5S2. The van der Waals surface area contributed by atoms with Crippen LogP contribution in [0.3, 0.4) is 0 Å². The second-order valence-electron chi connectivity index (χ2n) is 7.06. The number of ether oxygens (including phenoxy) is 3. The number of thiophene rings is 1. The van der Waals surface area contributed by atoms with E-state index in [-0.39, 0.29) is 12.2 Å². The van der Waals surface area contributed by atoms with Gasteiger partial charge in [-0.25, -0.2) is 9.79 Å². The number of benzene rings is 1. The molecule has 0 aliphatic carbocycles. The molecule has 0 saturated heterocycles. The van der Waals surface area contributed by atoms with E-state index in [2.05, 4.69) is 20.9 Å². The van der Waals surface area contributed by atoms with Crippen LogP contribution in [0.1, 0.15) is 30.3 Å². The number of fused-ring (bicyclic) bond motifs is 1. The fourth-order valence-corrected chi connectivity index (χ4v) is 6.14. The number of carbonyl (C=O) groups is 1. The minimum atomic E-state index is -0.711. The minimum Gasteiger partial charge on any atom is -0.493 e. The molecule has 1 atom stereocenters. The maximum atomic E-state index is 13.6. The van der Waals surface area contributed by atoms with Crippen molar-refractivity contribution in [3.63, 3.8) is 0 Å². The molecule has 0 spiro atoms. The lowest BCUT2D eigenvalue weighted by atomic mass is 9.95. The SMILES string of the molecule is CCOC(=O)C1=C(C)N=c2s/c(=C/c3ccc(Br)s3)c(=O)n2C1c1ccc(OC)c(OC)c1. The minimum absolute atomic E-state index is 0.214. The van der Waals surface area contributed by atoms with Crippen molar-refractivity contribution < 1.29 is 19.0 Å². The molecule has 0 N–H and O–H groups in total. The Bertz CT molecular complexity index is 1430. The standard InChI is InChI=1S/C23H21BrN2O5S2/c1-5-31-22(28)19-12(2)25-23-26(20(19)13-6-8-15(29-3)16(10-13)30-4)21(27)17(33-23)11-14-7-9-18(24)32-14/h6-11,20H,5H2,1-4H3/b17-11+. The number of hydrogen-bond donors (Lipinski definition) is 0. The first-order chi connectivity index (χ1) is 15.9. The van der Waals surface area contributed by atoms with Crippen molar-refractivity contribution in [1.82, 2.24) is 4.57 Å². The Morgan fingerprint density at radius 3 is 2.58 bits per heavy atom. The van der Waals surface area contributed by atoms with Gasteiger partial charge in [-0.1, -0.05) is 17.4 Å². The monoisotopic (exact) mass is 548 g/mol. The van der Waals surface area contributed by atoms with Crippen LogP contribution in [-0.4, -0.2) is 31.4 Å². The maximum Gasteiger partial charge on any atom is 0.338 e. The van der Waals surface area contributed by atoms with Gasteiger partial charge in [0.1, 0.15) is 0 Å². The molecule has 0 saturated carbocycles. The van der Waals surface area contributed by atoms with Crippen molar-refractivity contribution in [3.05, 3.63) is 75.5 Å². The molecule has 1 aliphatic rings. The molecule has 1 aromatic carbocycles. The molecule has 7 nitrogen and oxygen atoms in total. The molecule has 33 heavy (non-hydrogen) atoms. The summed E-state index contributed by atoms with van der Waals surface area (Å²) in [6.45, 7) is 3.72. The average molecular weight is 549 g/mol. The third kappa shape index (κ3) is 4.42. The Hall–Kier alpha value is -2.69. The van der Waals surface area contributed by atoms with Gasteiger partial charge < -0.3 is 14.2 Å². The lowest BCUT2D eigenvalue weighted by Gasteiger charge is -2.25. The number of hydrogen-bond acceptors (Lipinski definition) is 8. The maximum absolute atomic E-state index is 13.6. The number of rotatable bonds is 6. The topological polar surface area (TPSA) is 79.1 Å².